The van der Waals surface area contributed by atoms with Gasteiger partial charge < -0.3 is 19.5 Å². The molecule has 1 aliphatic rings. The fraction of sp³-hybridized carbons (Fsp3) is 0.250. The number of halogens is 1. The lowest BCUT2D eigenvalue weighted by atomic mass is 10.1. The predicted octanol–water partition coefficient (Wildman–Crippen LogP) is 3.04. The average molecular weight is 338 g/mol. The van der Waals surface area contributed by atoms with E-state index in [1.807, 2.05) is 0 Å². The Labute approximate surface area is 138 Å². The molecule has 0 saturated heterocycles. The van der Waals surface area contributed by atoms with Crippen molar-refractivity contribution in [3.05, 3.63) is 46.9 Å². The molecule has 2 rings (SSSR count). The second kappa shape index (κ2) is 7.69. The summed E-state index contributed by atoms with van der Waals surface area (Å²) in [6, 6.07) is 4.93. The minimum atomic E-state index is -0.450. The van der Waals surface area contributed by atoms with Gasteiger partial charge in [0.05, 0.1) is 31.2 Å². The average Bonchev–Trinajstić information content (AvgIpc) is 2.95. The summed E-state index contributed by atoms with van der Waals surface area (Å²) in [5.74, 6) is 0.0871. The fourth-order valence-electron chi connectivity index (χ4n) is 2.01. The maximum absolute atomic E-state index is 12.4. The topological polar surface area (TPSA) is 73.9 Å². The van der Waals surface area contributed by atoms with Gasteiger partial charge in [-0.25, -0.2) is 0 Å². The third kappa shape index (κ3) is 4.50. The van der Waals surface area contributed by atoms with E-state index in [1.165, 1.54) is 26.4 Å². The smallest absolute Gasteiger partial charge is 0.307 e. The number of esters is 1. The molecule has 7 heteroatoms. The van der Waals surface area contributed by atoms with E-state index >= 15 is 0 Å². The van der Waals surface area contributed by atoms with Crippen molar-refractivity contribution < 1.29 is 23.8 Å². The van der Waals surface area contributed by atoms with Crippen LogP contribution in [0.1, 0.15) is 13.3 Å². The van der Waals surface area contributed by atoms with Crippen molar-refractivity contribution in [1.29, 1.82) is 0 Å². The Morgan fingerprint density at radius 1 is 1.39 bits per heavy atom. The molecule has 6 nitrogen and oxygen atoms in total. The lowest BCUT2D eigenvalue weighted by Gasteiger charge is -2.11. The number of ether oxygens (including phenoxy) is 3. The molecule has 1 aromatic carbocycles. The number of benzene rings is 1. The highest BCUT2D eigenvalue weighted by Crippen LogP contribution is 2.29. The molecule has 23 heavy (non-hydrogen) atoms. The van der Waals surface area contributed by atoms with E-state index < -0.39 is 5.97 Å². The van der Waals surface area contributed by atoms with Crippen molar-refractivity contribution in [3.8, 4) is 5.75 Å². The Kier molecular flexibility index (Phi) is 5.65. The highest BCUT2D eigenvalue weighted by atomic mass is 35.5. The van der Waals surface area contributed by atoms with Crippen molar-refractivity contribution in [1.82, 2.24) is 0 Å². The molecule has 1 amide bonds. The summed E-state index contributed by atoms with van der Waals surface area (Å²) in [4.78, 5) is 23.2. The molecule has 1 heterocycles. The number of allylic oxidation sites excluding steroid dienone is 1. The molecule has 0 aliphatic carbocycles. The molecular weight excluding hydrogens is 322 g/mol. The number of hydrogen-bond acceptors (Lipinski definition) is 5. The first-order valence-corrected chi connectivity index (χ1v) is 7.23. The normalized spacial score (nSPS) is 13.9. The summed E-state index contributed by atoms with van der Waals surface area (Å²) in [6.45, 7) is 1.67. The van der Waals surface area contributed by atoms with Crippen LogP contribution in [0.2, 0.25) is 5.02 Å². The highest BCUT2D eigenvalue weighted by molar-refractivity contribution is 6.31. The first-order chi connectivity index (χ1) is 11.0. The first-order valence-electron chi connectivity index (χ1n) is 6.86. The van der Waals surface area contributed by atoms with Crippen molar-refractivity contribution in [2.75, 3.05) is 19.0 Å². The molecular formula is C16H16ClNO5. The lowest BCUT2D eigenvalue weighted by Crippen LogP contribution is -2.15. The van der Waals surface area contributed by atoms with Crippen LogP contribution in [0.5, 0.6) is 5.75 Å². The van der Waals surface area contributed by atoms with Gasteiger partial charge in [0, 0.05) is 24.4 Å². The van der Waals surface area contributed by atoms with Crippen LogP contribution in [0, 0.1) is 0 Å². The number of amides is 1. The monoisotopic (exact) mass is 337 g/mol. The SMILES string of the molecule is COc1ccc(Cl)cc1NC(=O)C1=C(/C=C\OC(C)=O)OCC1. The summed E-state index contributed by atoms with van der Waals surface area (Å²) >= 11 is 5.94. The second-order valence-electron chi connectivity index (χ2n) is 4.65. The molecule has 1 aliphatic heterocycles. The van der Waals surface area contributed by atoms with E-state index in [2.05, 4.69) is 5.32 Å². The summed E-state index contributed by atoms with van der Waals surface area (Å²) < 4.78 is 15.3. The number of hydrogen-bond donors (Lipinski definition) is 1. The molecule has 0 atom stereocenters. The third-order valence-electron chi connectivity index (χ3n) is 3.04. The number of rotatable bonds is 5. The van der Waals surface area contributed by atoms with Gasteiger partial charge in [-0.15, -0.1) is 0 Å². The summed E-state index contributed by atoms with van der Waals surface area (Å²) in [5.41, 5.74) is 0.920. The van der Waals surface area contributed by atoms with Crippen LogP contribution in [-0.4, -0.2) is 25.6 Å². The first kappa shape index (κ1) is 16.9. The van der Waals surface area contributed by atoms with Gasteiger partial charge in [-0.2, -0.15) is 0 Å². The van der Waals surface area contributed by atoms with Crippen LogP contribution >= 0.6 is 11.6 Å². The molecule has 0 radical (unpaired) electrons. The Bertz CT molecular complexity index is 681. The Hall–Kier alpha value is -2.47. The molecule has 1 aromatic rings. The standard InChI is InChI=1S/C16H16ClNO5/c1-10(19)22-8-6-14-12(5-7-23-14)16(20)18-13-9-11(17)3-4-15(13)21-2/h3-4,6,8-9H,5,7H2,1-2H3,(H,18,20)/b8-6-. The van der Waals surface area contributed by atoms with Gasteiger partial charge in [0.25, 0.3) is 5.91 Å². The van der Waals surface area contributed by atoms with Crippen LogP contribution in [0.4, 0.5) is 5.69 Å². The van der Waals surface area contributed by atoms with Gasteiger partial charge in [-0.05, 0) is 18.2 Å². The molecule has 0 bridgehead atoms. The predicted molar refractivity (Wildman–Crippen MR) is 85.1 cm³/mol. The van der Waals surface area contributed by atoms with E-state index in [0.717, 1.165) is 0 Å². The van der Waals surface area contributed by atoms with Crippen molar-refractivity contribution in [2.45, 2.75) is 13.3 Å². The van der Waals surface area contributed by atoms with Crippen molar-refractivity contribution in [3.63, 3.8) is 0 Å². The molecule has 0 spiro atoms. The van der Waals surface area contributed by atoms with Gasteiger partial charge in [-0.3, -0.25) is 9.59 Å². The summed E-state index contributed by atoms with van der Waals surface area (Å²) in [7, 11) is 1.50. The van der Waals surface area contributed by atoms with E-state index in [-0.39, 0.29) is 5.91 Å². The van der Waals surface area contributed by atoms with Gasteiger partial charge in [0.15, 0.2) is 0 Å². The van der Waals surface area contributed by atoms with Crippen LogP contribution < -0.4 is 10.1 Å². The number of anilines is 1. The van der Waals surface area contributed by atoms with Crippen LogP contribution in [0.15, 0.2) is 41.9 Å². The molecule has 122 valence electrons. The molecule has 0 unspecified atom stereocenters. The van der Waals surface area contributed by atoms with Gasteiger partial charge in [0.2, 0.25) is 0 Å². The number of nitrogens with one attached hydrogen (secondary N) is 1. The zero-order chi connectivity index (χ0) is 16.8. The number of methoxy groups -OCH3 is 1. The summed E-state index contributed by atoms with van der Waals surface area (Å²) in [5, 5.41) is 3.22. The Morgan fingerprint density at radius 2 is 2.17 bits per heavy atom. The van der Waals surface area contributed by atoms with E-state index in [9.17, 15) is 9.59 Å². The fourth-order valence-corrected chi connectivity index (χ4v) is 2.19. The summed E-state index contributed by atoms with van der Waals surface area (Å²) in [6.07, 6.45) is 3.09. The Balaban J connectivity index is 2.17. The molecule has 0 aromatic heterocycles. The zero-order valence-corrected chi connectivity index (χ0v) is 13.5. The van der Waals surface area contributed by atoms with Gasteiger partial charge in [-0.1, -0.05) is 11.6 Å². The van der Waals surface area contributed by atoms with Crippen LogP contribution in [-0.2, 0) is 19.1 Å². The van der Waals surface area contributed by atoms with E-state index in [4.69, 9.17) is 25.8 Å². The minimum Gasteiger partial charge on any atom is -0.495 e. The third-order valence-corrected chi connectivity index (χ3v) is 3.28. The zero-order valence-electron chi connectivity index (χ0n) is 12.7. The van der Waals surface area contributed by atoms with Crippen molar-refractivity contribution >= 4 is 29.2 Å². The highest BCUT2D eigenvalue weighted by Gasteiger charge is 2.22. The Morgan fingerprint density at radius 3 is 2.87 bits per heavy atom. The molecule has 0 saturated carbocycles. The minimum absolute atomic E-state index is 0.328. The largest absolute Gasteiger partial charge is 0.495 e. The molecule has 1 N–H and O–H groups in total. The van der Waals surface area contributed by atoms with Crippen molar-refractivity contribution in [2.24, 2.45) is 0 Å². The maximum atomic E-state index is 12.4. The maximum Gasteiger partial charge on any atom is 0.307 e. The molecule has 0 fully saturated rings. The van der Waals surface area contributed by atoms with Crippen LogP contribution in [0.25, 0.3) is 0 Å². The van der Waals surface area contributed by atoms with E-state index in [1.54, 1.807) is 18.2 Å². The van der Waals surface area contributed by atoms with Gasteiger partial charge in [0.1, 0.15) is 11.5 Å². The number of carbonyl (C=O) groups excluding carboxylic acids is 2. The van der Waals surface area contributed by atoms with Crippen LogP contribution in [0.3, 0.4) is 0 Å². The van der Waals surface area contributed by atoms with E-state index in [0.29, 0.717) is 40.8 Å². The number of carbonyl (C=O) groups is 2. The lowest BCUT2D eigenvalue weighted by molar-refractivity contribution is -0.135. The quantitative estimate of drug-likeness (QED) is 0.660. The van der Waals surface area contributed by atoms with Gasteiger partial charge >= 0.3 is 5.97 Å². The second-order valence-corrected chi connectivity index (χ2v) is 5.09.